The van der Waals surface area contributed by atoms with Crippen LogP contribution in [0.2, 0.25) is 0 Å². The van der Waals surface area contributed by atoms with E-state index in [1.54, 1.807) is 30.5 Å². The average Bonchev–Trinajstić information content (AvgIpc) is 3.46. The van der Waals surface area contributed by atoms with Gasteiger partial charge in [0.2, 0.25) is 0 Å². The Kier molecular flexibility index (Phi) is 7.22. The van der Waals surface area contributed by atoms with E-state index < -0.39 is 0 Å². The molecule has 0 atom stereocenters. The van der Waals surface area contributed by atoms with Crippen LogP contribution in [-0.2, 0) is 31.1 Å². The summed E-state index contributed by atoms with van der Waals surface area (Å²) < 4.78 is 21.9. The molecule has 2 aromatic carbocycles. The summed E-state index contributed by atoms with van der Waals surface area (Å²) in [4.78, 5) is 12.5. The van der Waals surface area contributed by atoms with Crippen molar-refractivity contribution in [2.45, 2.75) is 40.2 Å². The van der Waals surface area contributed by atoms with Crippen LogP contribution in [0.3, 0.4) is 0 Å². The van der Waals surface area contributed by atoms with Crippen LogP contribution in [0.1, 0.15) is 44.3 Å². The van der Waals surface area contributed by atoms with Crippen molar-refractivity contribution in [3.8, 4) is 5.75 Å². The highest BCUT2D eigenvalue weighted by molar-refractivity contribution is 5.94. The topological polar surface area (TPSA) is 86.7 Å². The van der Waals surface area contributed by atoms with E-state index in [1.807, 2.05) is 50.2 Å². The Hall–Kier alpha value is -3.84. The van der Waals surface area contributed by atoms with E-state index in [2.05, 4.69) is 10.5 Å². The van der Waals surface area contributed by atoms with Crippen molar-refractivity contribution in [1.82, 2.24) is 10.5 Å². The van der Waals surface area contributed by atoms with E-state index in [0.717, 1.165) is 33.9 Å². The number of carbonyl (C=O) groups excluding carboxylic acids is 1. The van der Waals surface area contributed by atoms with Gasteiger partial charge in [0.05, 0.1) is 24.1 Å². The van der Waals surface area contributed by atoms with Crippen molar-refractivity contribution in [3.63, 3.8) is 0 Å². The van der Waals surface area contributed by atoms with Gasteiger partial charge >= 0.3 is 0 Å². The fourth-order valence-corrected chi connectivity index (χ4v) is 3.34. The van der Waals surface area contributed by atoms with E-state index in [-0.39, 0.29) is 5.91 Å². The maximum Gasteiger partial charge on any atom is 0.251 e. The first-order valence-corrected chi connectivity index (χ1v) is 10.7. The molecule has 4 aromatic rings. The molecule has 0 aliphatic heterocycles. The van der Waals surface area contributed by atoms with Gasteiger partial charge in [-0.3, -0.25) is 4.79 Å². The third-order valence-corrected chi connectivity index (χ3v) is 5.22. The molecule has 2 aromatic heterocycles. The van der Waals surface area contributed by atoms with E-state index in [1.165, 1.54) is 0 Å². The molecule has 170 valence electrons. The van der Waals surface area contributed by atoms with Crippen molar-refractivity contribution in [3.05, 3.63) is 106 Å². The molecule has 1 amide bonds. The molecule has 0 saturated heterocycles. The number of rotatable bonds is 10. The molecule has 0 aliphatic rings. The maximum absolute atomic E-state index is 12.5. The number of amides is 1. The predicted octanol–water partition coefficient (Wildman–Crippen LogP) is 5.11. The monoisotopic (exact) mass is 446 g/mol. The van der Waals surface area contributed by atoms with Crippen LogP contribution in [0.15, 0.2) is 75.9 Å². The fourth-order valence-electron chi connectivity index (χ4n) is 3.34. The molecule has 0 bridgehead atoms. The molecule has 0 aliphatic carbocycles. The summed E-state index contributed by atoms with van der Waals surface area (Å²) in [7, 11) is 0. The Morgan fingerprint density at radius 1 is 0.970 bits per heavy atom. The number of benzene rings is 2. The van der Waals surface area contributed by atoms with Crippen LogP contribution < -0.4 is 10.1 Å². The zero-order valence-electron chi connectivity index (χ0n) is 18.7. The second-order valence-electron chi connectivity index (χ2n) is 7.69. The number of nitrogens with zero attached hydrogens (tertiary/aromatic N) is 1. The van der Waals surface area contributed by atoms with Gasteiger partial charge in [-0.25, -0.2) is 0 Å². The van der Waals surface area contributed by atoms with Crippen molar-refractivity contribution in [2.75, 3.05) is 0 Å². The summed E-state index contributed by atoms with van der Waals surface area (Å²) in [6.45, 7) is 5.43. The third-order valence-electron chi connectivity index (χ3n) is 5.22. The lowest BCUT2D eigenvalue weighted by molar-refractivity contribution is 0.0928. The Labute approximate surface area is 192 Å². The van der Waals surface area contributed by atoms with E-state index in [0.29, 0.717) is 37.7 Å². The molecular formula is C26H26N2O5. The van der Waals surface area contributed by atoms with Crippen molar-refractivity contribution < 1.29 is 23.2 Å². The van der Waals surface area contributed by atoms with Crippen molar-refractivity contribution in [2.24, 2.45) is 0 Å². The summed E-state index contributed by atoms with van der Waals surface area (Å²) in [5, 5.41) is 6.88. The van der Waals surface area contributed by atoms with Crippen LogP contribution in [0.25, 0.3) is 0 Å². The lowest BCUT2D eigenvalue weighted by atomic mass is 10.1. The maximum atomic E-state index is 12.5. The number of carbonyl (C=O) groups is 1. The molecule has 7 heteroatoms. The first-order chi connectivity index (χ1) is 16.1. The van der Waals surface area contributed by atoms with E-state index in [9.17, 15) is 4.79 Å². The first-order valence-electron chi connectivity index (χ1n) is 10.7. The van der Waals surface area contributed by atoms with Gasteiger partial charge in [0.15, 0.2) is 0 Å². The van der Waals surface area contributed by atoms with Crippen LogP contribution in [0.5, 0.6) is 5.75 Å². The Morgan fingerprint density at radius 3 is 2.52 bits per heavy atom. The highest BCUT2D eigenvalue weighted by atomic mass is 16.5. The molecule has 0 unspecified atom stereocenters. The number of aromatic nitrogens is 1. The lowest BCUT2D eigenvalue weighted by Gasteiger charge is -2.09. The molecule has 1 N–H and O–H groups in total. The summed E-state index contributed by atoms with van der Waals surface area (Å²) in [6, 6.07) is 18.7. The van der Waals surface area contributed by atoms with Gasteiger partial charge in [-0.05, 0) is 61.4 Å². The third kappa shape index (κ3) is 6.11. The highest BCUT2D eigenvalue weighted by Crippen LogP contribution is 2.18. The van der Waals surface area contributed by atoms with Gasteiger partial charge in [-0.15, -0.1) is 0 Å². The minimum Gasteiger partial charge on any atom is -0.489 e. The van der Waals surface area contributed by atoms with Crippen LogP contribution in [0.4, 0.5) is 0 Å². The van der Waals surface area contributed by atoms with Gasteiger partial charge in [0.25, 0.3) is 5.91 Å². The number of nitrogens with one attached hydrogen (secondary N) is 1. The lowest BCUT2D eigenvalue weighted by Crippen LogP contribution is -2.22. The zero-order chi connectivity index (χ0) is 23.0. The minimum absolute atomic E-state index is 0.147. The molecule has 0 fully saturated rings. The van der Waals surface area contributed by atoms with Crippen LogP contribution >= 0.6 is 0 Å². The molecular weight excluding hydrogens is 420 g/mol. The number of ether oxygens (including phenoxy) is 2. The minimum atomic E-state index is -0.147. The SMILES string of the molecule is Cc1noc(C)c1COc1ccc(C(=O)NCc2cccc(COCc3ccco3)c2)cc1. The molecule has 4 rings (SSSR count). The van der Waals surface area contributed by atoms with Gasteiger partial charge in [0, 0.05) is 12.1 Å². The molecule has 0 radical (unpaired) electrons. The molecule has 0 saturated carbocycles. The Morgan fingerprint density at radius 2 is 1.79 bits per heavy atom. The number of aryl methyl sites for hydroxylation is 2. The average molecular weight is 447 g/mol. The van der Waals surface area contributed by atoms with Gasteiger partial charge < -0.3 is 23.7 Å². The number of hydrogen-bond acceptors (Lipinski definition) is 6. The second-order valence-corrected chi connectivity index (χ2v) is 7.69. The largest absolute Gasteiger partial charge is 0.489 e. The second kappa shape index (κ2) is 10.7. The van der Waals surface area contributed by atoms with Gasteiger partial charge in [-0.2, -0.15) is 0 Å². The smallest absolute Gasteiger partial charge is 0.251 e. The normalized spacial score (nSPS) is 10.8. The predicted molar refractivity (Wildman–Crippen MR) is 122 cm³/mol. The first kappa shape index (κ1) is 22.4. The Balaban J connectivity index is 1.25. The number of furan rings is 1. The molecule has 0 spiro atoms. The fraction of sp³-hybridized carbons (Fsp3) is 0.231. The quantitative estimate of drug-likeness (QED) is 0.364. The highest BCUT2D eigenvalue weighted by Gasteiger charge is 2.10. The van der Waals surface area contributed by atoms with Gasteiger partial charge in [-0.1, -0.05) is 29.4 Å². The van der Waals surface area contributed by atoms with Crippen LogP contribution in [-0.4, -0.2) is 11.1 Å². The standard InChI is InChI=1S/C26H26N2O5/c1-18-25(19(2)33-28-18)17-32-23-10-8-22(9-11-23)26(29)27-14-20-5-3-6-21(13-20)15-30-16-24-7-4-12-31-24/h3-13H,14-17H2,1-2H3,(H,27,29). The van der Waals surface area contributed by atoms with Crippen LogP contribution in [0, 0.1) is 13.8 Å². The number of hydrogen-bond donors (Lipinski definition) is 1. The summed E-state index contributed by atoms with van der Waals surface area (Å²) in [5.74, 6) is 2.07. The molecule has 2 heterocycles. The summed E-state index contributed by atoms with van der Waals surface area (Å²) >= 11 is 0. The van der Waals surface area contributed by atoms with Crippen molar-refractivity contribution in [1.29, 1.82) is 0 Å². The van der Waals surface area contributed by atoms with E-state index in [4.69, 9.17) is 18.4 Å². The Bertz CT molecular complexity index is 1160. The summed E-state index contributed by atoms with van der Waals surface area (Å²) in [6.07, 6.45) is 1.63. The molecule has 7 nitrogen and oxygen atoms in total. The van der Waals surface area contributed by atoms with E-state index >= 15 is 0 Å². The molecule has 33 heavy (non-hydrogen) atoms. The summed E-state index contributed by atoms with van der Waals surface area (Å²) in [5.41, 5.74) is 4.36. The van der Waals surface area contributed by atoms with Gasteiger partial charge in [0.1, 0.15) is 30.5 Å². The van der Waals surface area contributed by atoms with Crippen molar-refractivity contribution >= 4 is 5.91 Å². The zero-order valence-corrected chi connectivity index (χ0v) is 18.7.